The van der Waals surface area contributed by atoms with E-state index in [0.29, 0.717) is 18.9 Å². The van der Waals surface area contributed by atoms with Crippen LogP contribution in [0.15, 0.2) is 0 Å². The Labute approximate surface area is 117 Å². The Balaban J connectivity index is 1.86. The van der Waals surface area contributed by atoms with Crippen molar-refractivity contribution in [1.82, 2.24) is 4.90 Å². The summed E-state index contributed by atoms with van der Waals surface area (Å²) in [6.07, 6.45) is 10.5. The quantitative estimate of drug-likeness (QED) is 0.831. The first-order valence-corrected chi connectivity index (χ1v) is 8.17. The maximum Gasteiger partial charge on any atom is 0.223 e. The summed E-state index contributed by atoms with van der Waals surface area (Å²) in [5.74, 6) is 1.11. The van der Waals surface area contributed by atoms with Crippen LogP contribution in [0, 0.1) is 11.3 Å². The van der Waals surface area contributed by atoms with Gasteiger partial charge in [-0.15, -0.1) is 0 Å². The van der Waals surface area contributed by atoms with Gasteiger partial charge in [0.25, 0.3) is 0 Å². The minimum absolute atomic E-state index is 0.123. The number of likely N-dealkylation sites (tertiary alicyclic amines) is 1. The minimum Gasteiger partial charge on any atom is -0.342 e. The molecule has 3 heteroatoms. The zero-order valence-corrected chi connectivity index (χ0v) is 12.5. The van der Waals surface area contributed by atoms with Crippen molar-refractivity contribution in [3.8, 4) is 0 Å². The second-order valence-electron chi connectivity index (χ2n) is 6.72. The Morgan fingerprint density at radius 2 is 2.05 bits per heavy atom. The smallest absolute Gasteiger partial charge is 0.223 e. The highest BCUT2D eigenvalue weighted by atomic mass is 16.2. The molecule has 1 saturated heterocycles. The lowest BCUT2D eigenvalue weighted by Crippen LogP contribution is -2.39. The van der Waals surface area contributed by atoms with Crippen molar-refractivity contribution in [3.05, 3.63) is 0 Å². The summed E-state index contributed by atoms with van der Waals surface area (Å²) in [4.78, 5) is 14.6. The van der Waals surface area contributed by atoms with Crippen LogP contribution in [-0.4, -0.2) is 30.4 Å². The van der Waals surface area contributed by atoms with E-state index in [4.69, 9.17) is 5.73 Å². The SMILES string of the molecule is CCCC1CCN(C(=O)CC2(CN)CCCCC2)C1. The van der Waals surface area contributed by atoms with Crippen molar-refractivity contribution in [3.63, 3.8) is 0 Å². The molecule has 1 atom stereocenters. The van der Waals surface area contributed by atoms with E-state index >= 15 is 0 Å². The molecule has 2 aliphatic rings. The topological polar surface area (TPSA) is 46.3 Å². The van der Waals surface area contributed by atoms with E-state index in [1.165, 1.54) is 38.5 Å². The molecule has 3 nitrogen and oxygen atoms in total. The lowest BCUT2D eigenvalue weighted by molar-refractivity contribution is -0.133. The fourth-order valence-corrected chi connectivity index (χ4v) is 3.89. The summed E-state index contributed by atoms with van der Waals surface area (Å²) in [6.45, 7) is 4.89. The van der Waals surface area contributed by atoms with Gasteiger partial charge in [-0.1, -0.05) is 32.6 Å². The summed E-state index contributed by atoms with van der Waals surface area (Å²) in [6, 6.07) is 0. The molecule has 0 aromatic carbocycles. The molecule has 2 fully saturated rings. The molecule has 19 heavy (non-hydrogen) atoms. The summed E-state index contributed by atoms with van der Waals surface area (Å²) in [5, 5.41) is 0. The zero-order valence-electron chi connectivity index (χ0n) is 12.5. The Kier molecular flexibility index (Phi) is 5.26. The van der Waals surface area contributed by atoms with Crippen LogP contribution in [-0.2, 0) is 4.79 Å². The molecule has 0 aromatic heterocycles. The van der Waals surface area contributed by atoms with Crippen LogP contribution in [0.5, 0.6) is 0 Å². The molecule has 1 aliphatic heterocycles. The number of nitrogens with two attached hydrogens (primary N) is 1. The molecule has 1 aliphatic carbocycles. The highest BCUT2D eigenvalue weighted by Crippen LogP contribution is 2.39. The van der Waals surface area contributed by atoms with Crippen LogP contribution in [0.1, 0.15) is 64.7 Å². The molecular weight excluding hydrogens is 236 g/mol. The largest absolute Gasteiger partial charge is 0.342 e. The molecule has 0 radical (unpaired) electrons. The average Bonchev–Trinajstić information content (AvgIpc) is 2.89. The Morgan fingerprint density at radius 3 is 2.68 bits per heavy atom. The second kappa shape index (κ2) is 6.74. The van der Waals surface area contributed by atoms with Gasteiger partial charge in [-0.05, 0) is 43.6 Å². The van der Waals surface area contributed by atoms with Crippen LogP contribution in [0.2, 0.25) is 0 Å². The van der Waals surface area contributed by atoms with Crippen molar-refractivity contribution in [2.24, 2.45) is 17.1 Å². The summed E-state index contributed by atoms with van der Waals surface area (Å²) in [5.41, 5.74) is 6.11. The van der Waals surface area contributed by atoms with Gasteiger partial charge >= 0.3 is 0 Å². The first-order chi connectivity index (χ1) is 9.19. The van der Waals surface area contributed by atoms with Gasteiger partial charge in [0.05, 0.1) is 0 Å². The molecular formula is C16H30N2O. The van der Waals surface area contributed by atoms with Gasteiger partial charge in [-0.2, -0.15) is 0 Å². The Morgan fingerprint density at radius 1 is 1.32 bits per heavy atom. The van der Waals surface area contributed by atoms with Crippen molar-refractivity contribution in [1.29, 1.82) is 0 Å². The Hall–Kier alpha value is -0.570. The summed E-state index contributed by atoms with van der Waals surface area (Å²) >= 11 is 0. The summed E-state index contributed by atoms with van der Waals surface area (Å²) in [7, 11) is 0. The first-order valence-electron chi connectivity index (χ1n) is 8.17. The van der Waals surface area contributed by atoms with Crippen LogP contribution in [0.4, 0.5) is 0 Å². The van der Waals surface area contributed by atoms with Gasteiger partial charge in [0.2, 0.25) is 5.91 Å². The van der Waals surface area contributed by atoms with Gasteiger partial charge in [0.1, 0.15) is 0 Å². The molecule has 1 amide bonds. The number of amides is 1. The standard InChI is InChI=1S/C16H30N2O/c1-2-6-14-7-10-18(12-14)15(19)11-16(13-17)8-4-3-5-9-16/h14H,2-13,17H2,1H3. The number of hydrogen-bond donors (Lipinski definition) is 1. The molecule has 1 saturated carbocycles. The third kappa shape index (κ3) is 3.71. The molecule has 1 heterocycles. The first kappa shape index (κ1) is 14.8. The van der Waals surface area contributed by atoms with Crippen molar-refractivity contribution in [2.45, 2.75) is 64.7 Å². The monoisotopic (exact) mass is 266 g/mol. The van der Waals surface area contributed by atoms with Crippen molar-refractivity contribution >= 4 is 5.91 Å². The van der Waals surface area contributed by atoms with Crippen LogP contribution < -0.4 is 5.73 Å². The maximum absolute atomic E-state index is 12.5. The number of carbonyl (C=O) groups is 1. The number of rotatable bonds is 5. The molecule has 2 N–H and O–H groups in total. The predicted octanol–water partition coefficient (Wildman–Crippen LogP) is 2.93. The number of hydrogen-bond acceptors (Lipinski definition) is 2. The highest BCUT2D eigenvalue weighted by Gasteiger charge is 2.35. The molecule has 0 bridgehead atoms. The highest BCUT2D eigenvalue weighted by molar-refractivity contribution is 5.77. The van der Waals surface area contributed by atoms with E-state index in [0.717, 1.165) is 31.8 Å². The summed E-state index contributed by atoms with van der Waals surface area (Å²) < 4.78 is 0. The third-order valence-corrected chi connectivity index (χ3v) is 5.21. The van der Waals surface area contributed by atoms with E-state index in [1.807, 2.05) is 0 Å². The van der Waals surface area contributed by atoms with E-state index < -0.39 is 0 Å². The van der Waals surface area contributed by atoms with E-state index in [-0.39, 0.29) is 5.41 Å². The van der Waals surface area contributed by atoms with Gasteiger partial charge < -0.3 is 10.6 Å². The predicted molar refractivity (Wildman–Crippen MR) is 78.8 cm³/mol. The van der Waals surface area contributed by atoms with Gasteiger partial charge in [0.15, 0.2) is 0 Å². The third-order valence-electron chi connectivity index (χ3n) is 5.21. The van der Waals surface area contributed by atoms with Gasteiger partial charge in [-0.3, -0.25) is 4.79 Å². The molecule has 0 spiro atoms. The maximum atomic E-state index is 12.5. The number of carbonyl (C=O) groups excluding carboxylic acids is 1. The lowest BCUT2D eigenvalue weighted by atomic mass is 9.71. The molecule has 1 unspecified atom stereocenters. The van der Waals surface area contributed by atoms with Crippen LogP contribution >= 0.6 is 0 Å². The Bertz CT molecular complexity index is 297. The van der Waals surface area contributed by atoms with Gasteiger partial charge in [0, 0.05) is 19.5 Å². The van der Waals surface area contributed by atoms with E-state index in [1.54, 1.807) is 0 Å². The molecule has 0 aromatic rings. The zero-order chi connectivity index (χ0) is 13.7. The van der Waals surface area contributed by atoms with Gasteiger partial charge in [-0.25, -0.2) is 0 Å². The van der Waals surface area contributed by atoms with Crippen LogP contribution in [0.3, 0.4) is 0 Å². The van der Waals surface area contributed by atoms with Crippen LogP contribution in [0.25, 0.3) is 0 Å². The minimum atomic E-state index is 0.123. The molecule has 2 rings (SSSR count). The van der Waals surface area contributed by atoms with E-state index in [2.05, 4.69) is 11.8 Å². The fourth-order valence-electron chi connectivity index (χ4n) is 3.89. The fraction of sp³-hybridized carbons (Fsp3) is 0.938. The van der Waals surface area contributed by atoms with E-state index in [9.17, 15) is 4.79 Å². The normalized spacial score (nSPS) is 26.6. The van der Waals surface area contributed by atoms with Crippen molar-refractivity contribution in [2.75, 3.05) is 19.6 Å². The lowest BCUT2D eigenvalue weighted by Gasteiger charge is -2.36. The second-order valence-corrected chi connectivity index (χ2v) is 6.72. The average molecular weight is 266 g/mol. The van der Waals surface area contributed by atoms with Crippen molar-refractivity contribution < 1.29 is 4.79 Å². The number of nitrogens with zero attached hydrogens (tertiary/aromatic N) is 1. The molecule has 110 valence electrons.